The van der Waals surface area contributed by atoms with E-state index >= 15 is 0 Å². The Morgan fingerprint density at radius 2 is 1.84 bits per heavy atom. The summed E-state index contributed by atoms with van der Waals surface area (Å²) in [4.78, 5) is 42.2. The van der Waals surface area contributed by atoms with Crippen LogP contribution in [0.25, 0.3) is 11.0 Å². The highest BCUT2D eigenvalue weighted by atomic mass is 16.5. The smallest absolute Gasteiger partial charge is 0.349 e. The average Bonchev–Trinajstić information content (AvgIpc) is 2.83. The van der Waals surface area contributed by atoms with E-state index in [1.165, 1.54) is 16.2 Å². The number of nitrogens with one attached hydrogen (secondary N) is 1. The highest BCUT2D eigenvalue weighted by Gasteiger charge is 2.30. The van der Waals surface area contributed by atoms with Crippen molar-refractivity contribution in [3.63, 3.8) is 0 Å². The highest BCUT2D eigenvalue weighted by molar-refractivity contribution is 6.00. The van der Waals surface area contributed by atoms with Gasteiger partial charge in [-0.2, -0.15) is 0 Å². The van der Waals surface area contributed by atoms with Crippen molar-refractivity contribution in [3.05, 3.63) is 39.2 Å². The zero-order valence-corrected chi connectivity index (χ0v) is 17.9. The standard InChI is InChI=1S/C23H27N3O6/c27-13-18(22(29)26-7-9-31-10-8-26)24-21(28)17-12-15-11-14-3-1-5-25-6-2-4-16(19(14)25)20(15)32-23(17)30/h11-12,18,27H,1-10,13H2,(H,24,28). The summed E-state index contributed by atoms with van der Waals surface area (Å²) in [5.74, 6) is -1.12. The molecule has 1 fully saturated rings. The van der Waals surface area contributed by atoms with Crippen LogP contribution in [0.2, 0.25) is 0 Å². The number of morpholine rings is 1. The lowest BCUT2D eigenvalue weighted by molar-refractivity contribution is -0.138. The second-order valence-corrected chi connectivity index (χ2v) is 8.57. The Bertz CT molecular complexity index is 1120. The number of aliphatic hydroxyl groups excluding tert-OH is 1. The molecule has 1 unspecified atom stereocenters. The molecule has 9 heteroatoms. The molecule has 4 heterocycles. The lowest BCUT2D eigenvalue weighted by Gasteiger charge is -2.37. The number of nitrogens with zero attached hydrogens (tertiary/aromatic N) is 2. The van der Waals surface area contributed by atoms with E-state index in [9.17, 15) is 19.5 Å². The third-order valence-corrected chi connectivity index (χ3v) is 6.57. The van der Waals surface area contributed by atoms with Crippen LogP contribution < -0.4 is 15.8 Å². The first-order chi connectivity index (χ1) is 15.6. The van der Waals surface area contributed by atoms with Gasteiger partial charge in [0.1, 0.15) is 17.2 Å². The van der Waals surface area contributed by atoms with Crippen LogP contribution in [0.4, 0.5) is 5.69 Å². The van der Waals surface area contributed by atoms with E-state index < -0.39 is 30.1 Å². The van der Waals surface area contributed by atoms with Crippen molar-refractivity contribution >= 4 is 28.5 Å². The number of fused-ring (bicyclic) bond motifs is 2. The monoisotopic (exact) mass is 441 g/mol. The van der Waals surface area contributed by atoms with Gasteiger partial charge in [-0.3, -0.25) is 9.59 Å². The van der Waals surface area contributed by atoms with Gasteiger partial charge in [-0.25, -0.2) is 4.79 Å². The van der Waals surface area contributed by atoms with Gasteiger partial charge in [-0.1, -0.05) is 0 Å². The fourth-order valence-electron chi connectivity index (χ4n) is 5.03. The molecular weight excluding hydrogens is 414 g/mol. The first kappa shape index (κ1) is 21.0. The molecule has 0 saturated carbocycles. The predicted molar refractivity (Wildman–Crippen MR) is 117 cm³/mol. The largest absolute Gasteiger partial charge is 0.422 e. The molecule has 0 spiro atoms. The van der Waals surface area contributed by atoms with Crippen LogP contribution in [-0.2, 0) is 22.4 Å². The third kappa shape index (κ3) is 3.65. The molecule has 1 aromatic heterocycles. The Morgan fingerprint density at radius 1 is 1.09 bits per heavy atom. The van der Waals surface area contributed by atoms with E-state index in [0.717, 1.165) is 44.3 Å². The molecule has 170 valence electrons. The molecule has 32 heavy (non-hydrogen) atoms. The Balaban J connectivity index is 1.45. The molecule has 5 rings (SSSR count). The highest BCUT2D eigenvalue weighted by Crippen LogP contribution is 2.39. The van der Waals surface area contributed by atoms with Crippen LogP contribution in [0.15, 0.2) is 21.3 Å². The molecule has 9 nitrogen and oxygen atoms in total. The number of amides is 2. The number of ether oxygens (including phenoxy) is 1. The Kier molecular flexibility index (Phi) is 5.60. The summed E-state index contributed by atoms with van der Waals surface area (Å²) in [7, 11) is 0. The molecular formula is C23H27N3O6. The second-order valence-electron chi connectivity index (χ2n) is 8.57. The lowest BCUT2D eigenvalue weighted by Crippen LogP contribution is -2.53. The van der Waals surface area contributed by atoms with Gasteiger partial charge in [0.2, 0.25) is 5.91 Å². The number of carbonyl (C=O) groups is 2. The van der Waals surface area contributed by atoms with Crippen molar-refractivity contribution in [2.45, 2.75) is 31.7 Å². The number of hydrogen-bond acceptors (Lipinski definition) is 7. The number of aryl methyl sites for hydroxylation is 2. The lowest BCUT2D eigenvalue weighted by atomic mass is 9.90. The molecule has 0 aliphatic carbocycles. The molecule has 0 bridgehead atoms. The Labute approximate surface area is 184 Å². The number of aliphatic hydroxyl groups is 1. The summed E-state index contributed by atoms with van der Waals surface area (Å²) < 4.78 is 10.9. The first-order valence-corrected chi connectivity index (χ1v) is 11.2. The summed E-state index contributed by atoms with van der Waals surface area (Å²) in [6.45, 7) is 3.08. The summed E-state index contributed by atoms with van der Waals surface area (Å²) in [5, 5.41) is 12.9. The normalized spacial score (nSPS) is 18.9. The van der Waals surface area contributed by atoms with E-state index in [0.29, 0.717) is 37.3 Å². The van der Waals surface area contributed by atoms with Gasteiger partial charge in [0.05, 0.1) is 19.8 Å². The molecule has 3 aliphatic heterocycles. The minimum atomic E-state index is -1.13. The van der Waals surface area contributed by atoms with Gasteiger partial charge in [0, 0.05) is 42.8 Å². The van der Waals surface area contributed by atoms with Crippen molar-refractivity contribution in [1.82, 2.24) is 10.2 Å². The zero-order chi connectivity index (χ0) is 22.2. The Hall–Kier alpha value is -2.91. The van der Waals surface area contributed by atoms with Gasteiger partial charge in [0.25, 0.3) is 5.91 Å². The molecule has 3 aliphatic rings. The Morgan fingerprint density at radius 3 is 2.59 bits per heavy atom. The zero-order valence-electron chi connectivity index (χ0n) is 17.9. The van der Waals surface area contributed by atoms with E-state index in [2.05, 4.69) is 10.2 Å². The first-order valence-electron chi connectivity index (χ1n) is 11.2. The second kappa shape index (κ2) is 8.55. The third-order valence-electron chi connectivity index (χ3n) is 6.57. The van der Waals surface area contributed by atoms with Gasteiger partial charge in [-0.15, -0.1) is 0 Å². The molecule has 0 radical (unpaired) electrons. The summed E-state index contributed by atoms with van der Waals surface area (Å²) in [6, 6.07) is 2.43. The van der Waals surface area contributed by atoms with Crippen molar-refractivity contribution < 1.29 is 23.8 Å². The average molecular weight is 441 g/mol. The predicted octanol–water partition coefficient (Wildman–Crippen LogP) is 0.441. The van der Waals surface area contributed by atoms with E-state index in [1.54, 1.807) is 6.07 Å². The van der Waals surface area contributed by atoms with Crippen LogP contribution in [0.1, 0.15) is 34.3 Å². The quantitative estimate of drug-likeness (QED) is 0.662. The van der Waals surface area contributed by atoms with Crippen LogP contribution >= 0.6 is 0 Å². The van der Waals surface area contributed by atoms with Crippen molar-refractivity contribution in [2.24, 2.45) is 0 Å². The van der Waals surface area contributed by atoms with E-state index in [-0.39, 0.29) is 5.56 Å². The summed E-state index contributed by atoms with van der Waals surface area (Å²) in [6.07, 6.45) is 3.87. The summed E-state index contributed by atoms with van der Waals surface area (Å²) >= 11 is 0. The number of rotatable bonds is 4. The minimum absolute atomic E-state index is 0.165. The number of hydrogen-bond donors (Lipinski definition) is 2. The number of benzene rings is 1. The van der Waals surface area contributed by atoms with Gasteiger partial charge >= 0.3 is 5.63 Å². The molecule has 1 atom stereocenters. The van der Waals surface area contributed by atoms with Crippen LogP contribution in [0, 0.1) is 0 Å². The van der Waals surface area contributed by atoms with Crippen LogP contribution in [0.3, 0.4) is 0 Å². The van der Waals surface area contributed by atoms with Crippen molar-refractivity contribution in [3.8, 4) is 0 Å². The molecule has 2 aromatic rings. The molecule has 1 saturated heterocycles. The summed E-state index contributed by atoms with van der Waals surface area (Å²) in [5.41, 5.74) is 3.08. The van der Waals surface area contributed by atoms with Crippen LogP contribution in [0.5, 0.6) is 0 Å². The van der Waals surface area contributed by atoms with Crippen LogP contribution in [-0.4, -0.2) is 73.9 Å². The molecule has 2 amide bonds. The van der Waals surface area contributed by atoms with Gasteiger partial charge < -0.3 is 29.4 Å². The fraction of sp³-hybridized carbons (Fsp3) is 0.522. The molecule has 1 aromatic carbocycles. The minimum Gasteiger partial charge on any atom is -0.422 e. The topological polar surface area (TPSA) is 112 Å². The number of carbonyl (C=O) groups excluding carboxylic acids is 2. The fourth-order valence-corrected chi connectivity index (χ4v) is 5.03. The van der Waals surface area contributed by atoms with Gasteiger partial charge in [0.15, 0.2) is 0 Å². The van der Waals surface area contributed by atoms with E-state index in [4.69, 9.17) is 9.15 Å². The maximum atomic E-state index is 12.9. The molecule has 2 N–H and O–H groups in total. The van der Waals surface area contributed by atoms with Gasteiger partial charge in [-0.05, 0) is 43.4 Å². The van der Waals surface area contributed by atoms with Crippen molar-refractivity contribution in [1.29, 1.82) is 0 Å². The van der Waals surface area contributed by atoms with Crippen molar-refractivity contribution in [2.75, 3.05) is 50.9 Å². The van der Waals surface area contributed by atoms with E-state index in [1.807, 2.05) is 6.07 Å². The SMILES string of the molecule is O=C(NC(CO)C(=O)N1CCOCC1)c1cc2cc3c4c(c2oc1=O)CCCN4CCC3. The maximum Gasteiger partial charge on any atom is 0.349 e. The number of anilines is 1. The maximum absolute atomic E-state index is 12.9.